The van der Waals surface area contributed by atoms with Crippen molar-refractivity contribution in [1.82, 2.24) is 15.3 Å². The highest BCUT2D eigenvalue weighted by Crippen LogP contribution is 2.29. The molecule has 1 amide bonds. The number of fused-ring (bicyclic) bond motifs is 1. The Morgan fingerprint density at radius 1 is 1.26 bits per heavy atom. The summed E-state index contributed by atoms with van der Waals surface area (Å²) >= 11 is 0. The van der Waals surface area contributed by atoms with E-state index in [0.717, 1.165) is 52.4 Å². The third-order valence-electron chi connectivity index (χ3n) is 5.38. The van der Waals surface area contributed by atoms with Gasteiger partial charge in [-0.05, 0) is 67.1 Å². The zero-order valence-electron chi connectivity index (χ0n) is 17.7. The van der Waals surface area contributed by atoms with Crippen molar-refractivity contribution < 1.29 is 4.79 Å². The molecule has 1 atom stereocenters. The van der Waals surface area contributed by atoms with Gasteiger partial charge in [-0.15, -0.1) is 0 Å². The van der Waals surface area contributed by atoms with Gasteiger partial charge in [-0.25, -0.2) is 9.97 Å². The van der Waals surface area contributed by atoms with Gasteiger partial charge in [-0.2, -0.15) is 0 Å². The summed E-state index contributed by atoms with van der Waals surface area (Å²) < 4.78 is 0. The third-order valence-corrected chi connectivity index (χ3v) is 5.38. The van der Waals surface area contributed by atoms with Gasteiger partial charge in [-0.3, -0.25) is 9.79 Å². The highest BCUT2D eigenvalue weighted by Gasteiger charge is 2.19. The van der Waals surface area contributed by atoms with E-state index in [1.807, 2.05) is 19.1 Å². The summed E-state index contributed by atoms with van der Waals surface area (Å²) in [6.45, 7) is 4.04. The van der Waals surface area contributed by atoms with Gasteiger partial charge in [0.15, 0.2) is 0 Å². The molecule has 2 aromatic carbocycles. The number of benzene rings is 2. The van der Waals surface area contributed by atoms with Gasteiger partial charge in [0.25, 0.3) is 0 Å². The van der Waals surface area contributed by atoms with Crippen LogP contribution in [-0.2, 0) is 4.79 Å². The van der Waals surface area contributed by atoms with Crippen LogP contribution in [0.5, 0.6) is 0 Å². The first-order chi connectivity index (χ1) is 15.1. The molecule has 0 spiro atoms. The van der Waals surface area contributed by atoms with Crippen molar-refractivity contribution in [2.45, 2.75) is 38.8 Å². The number of amides is 1. The maximum Gasteiger partial charge on any atom is 0.227 e. The summed E-state index contributed by atoms with van der Waals surface area (Å²) in [6.07, 6.45) is 8.02. The first-order valence-corrected chi connectivity index (χ1v) is 10.4. The molecule has 1 fully saturated rings. The number of carbonyl (C=O) groups excluding carboxylic acids is 1. The third kappa shape index (κ3) is 4.88. The molecule has 1 unspecified atom stereocenters. The molecule has 158 valence electrons. The molecule has 4 N–H and O–H groups in total. The van der Waals surface area contributed by atoms with E-state index < -0.39 is 0 Å². The molecule has 0 aliphatic heterocycles. The van der Waals surface area contributed by atoms with Crippen LogP contribution >= 0.6 is 0 Å². The van der Waals surface area contributed by atoms with E-state index in [2.05, 4.69) is 56.8 Å². The van der Waals surface area contributed by atoms with Gasteiger partial charge < -0.3 is 16.4 Å². The standard InChI is InChI=1S/C24H26N6O/c1-15-3-4-17(16(2)28-14-31)10-22(15)18-5-8-23-19(9-18)12-27-24(30-23)29-21(11-25)13-26-20-6-7-20/h3-5,8-14,16,20H,6-7,25H2,1-2H3,(H,28,31)(H,27,29,30). The van der Waals surface area contributed by atoms with Gasteiger partial charge in [0.1, 0.15) is 0 Å². The highest BCUT2D eigenvalue weighted by molar-refractivity contribution is 5.86. The highest BCUT2D eigenvalue weighted by atomic mass is 16.1. The number of aryl methyl sites for hydroxylation is 1. The Morgan fingerprint density at radius 2 is 2.10 bits per heavy atom. The van der Waals surface area contributed by atoms with Crippen molar-refractivity contribution >= 4 is 29.5 Å². The van der Waals surface area contributed by atoms with Crippen LogP contribution in [0.3, 0.4) is 0 Å². The summed E-state index contributed by atoms with van der Waals surface area (Å²) in [7, 11) is 0. The predicted molar refractivity (Wildman–Crippen MR) is 125 cm³/mol. The largest absolute Gasteiger partial charge is 0.403 e. The number of hydrogen-bond donors (Lipinski definition) is 3. The summed E-state index contributed by atoms with van der Waals surface area (Å²) in [6, 6.07) is 12.7. The quantitative estimate of drug-likeness (QED) is 0.383. The van der Waals surface area contributed by atoms with Gasteiger partial charge in [0.05, 0.1) is 23.3 Å². The number of allylic oxidation sites excluding steroid dienone is 1. The van der Waals surface area contributed by atoms with Crippen molar-refractivity contribution in [3.05, 3.63) is 65.6 Å². The molecule has 1 saturated carbocycles. The molecule has 1 aromatic heterocycles. The molecule has 0 radical (unpaired) electrons. The van der Waals surface area contributed by atoms with Crippen molar-refractivity contribution in [3.8, 4) is 11.1 Å². The lowest BCUT2D eigenvalue weighted by atomic mass is 9.95. The zero-order valence-corrected chi connectivity index (χ0v) is 17.7. The van der Waals surface area contributed by atoms with E-state index in [9.17, 15) is 4.79 Å². The second-order valence-corrected chi connectivity index (χ2v) is 7.80. The molecular weight excluding hydrogens is 388 g/mol. The van der Waals surface area contributed by atoms with Crippen LogP contribution in [0.4, 0.5) is 5.95 Å². The number of hydrogen-bond acceptors (Lipinski definition) is 6. The van der Waals surface area contributed by atoms with Gasteiger partial charge in [0.2, 0.25) is 12.4 Å². The molecule has 1 heterocycles. The minimum Gasteiger partial charge on any atom is -0.403 e. The number of rotatable bonds is 8. The summed E-state index contributed by atoms with van der Waals surface area (Å²) in [5.41, 5.74) is 11.6. The van der Waals surface area contributed by atoms with Gasteiger partial charge in [-0.1, -0.05) is 18.2 Å². The summed E-state index contributed by atoms with van der Waals surface area (Å²) in [5.74, 6) is 0.478. The Labute approximate surface area is 181 Å². The normalized spacial score (nSPS) is 15.2. The average molecular weight is 415 g/mol. The summed E-state index contributed by atoms with van der Waals surface area (Å²) in [5, 5.41) is 6.87. The number of anilines is 1. The molecular formula is C24H26N6O. The second kappa shape index (κ2) is 8.95. The van der Waals surface area contributed by atoms with E-state index in [4.69, 9.17) is 5.73 Å². The van der Waals surface area contributed by atoms with Crippen molar-refractivity contribution in [2.75, 3.05) is 5.32 Å². The first-order valence-electron chi connectivity index (χ1n) is 10.4. The van der Waals surface area contributed by atoms with Crippen LogP contribution in [0.1, 0.15) is 36.9 Å². The number of nitrogens with one attached hydrogen (secondary N) is 2. The van der Waals surface area contributed by atoms with E-state index in [0.29, 0.717) is 17.7 Å². The number of nitrogens with zero attached hydrogens (tertiary/aromatic N) is 3. The maximum atomic E-state index is 10.8. The Balaban J connectivity index is 1.60. The lowest BCUT2D eigenvalue weighted by Gasteiger charge is -2.15. The minimum atomic E-state index is -0.0532. The molecule has 0 saturated heterocycles. The van der Waals surface area contributed by atoms with Gasteiger partial charge >= 0.3 is 0 Å². The smallest absolute Gasteiger partial charge is 0.227 e. The number of carbonyl (C=O) groups is 1. The second-order valence-electron chi connectivity index (χ2n) is 7.80. The topological polar surface area (TPSA) is 105 Å². The van der Waals surface area contributed by atoms with E-state index in [1.165, 1.54) is 6.20 Å². The Hall–Kier alpha value is -3.74. The Morgan fingerprint density at radius 3 is 2.84 bits per heavy atom. The number of aromatic nitrogens is 2. The minimum absolute atomic E-state index is 0.0532. The van der Waals surface area contributed by atoms with Crippen LogP contribution in [0.25, 0.3) is 22.0 Å². The predicted octanol–water partition coefficient (Wildman–Crippen LogP) is 3.86. The van der Waals surface area contributed by atoms with Crippen molar-refractivity contribution in [2.24, 2.45) is 10.7 Å². The van der Waals surface area contributed by atoms with Crippen LogP contribution < -0.4 is 16.4 Å². The summed E-state index contributed by atoms with van der Waals surface area (Å²) in [4.78, 5) is 24.3. The van der Waals surface area contributed by atoms with Crippen LogP contribution in [-0.4, -0.2) is 28.6 Å². The molecule has 0 bridgehead atoms. The number of aliphatic imine (C=N–C) groups is 1. The molecule has 7 nitrogen and oxygen atoms in total. The lowest BCUT2D eigenvalue weighted by molar-refractivity contribution is -0.110. The maximum absolute atomic E-state index is 10.8. The first kappa shape index (κ1) is 20.5. The number of nitrogens with two attached hydrogens (primary N) is 1. The molecule has 7 heteroatoms. The molecule has 1 aliphatic rings. The SMILES string of the molecule is Cc1ccc(C(C)NC=O)cc1-c1ccc2nc(NC(C=NC3CC3)=CN)ncc2c1. The average Bonchev–Trinajstić information content (AvgIpc) is 3.61. The molecule has 4 rings (SSSR count). The Kier molecular flexibility index (Phi) is 5.93. The fraction of sp³-hybridized carbons (Fsp3) is 0.250. The monoisotopic (exact) mass is 414 g/mol. The molecule has 1 aliphatic carbocycles. The fourth-order valence-electron chi connectivity index (χ4n) is 3.33. The van der Waals surface area contributed by atoms with Crippen LogP contribution in [0, 0.1) is 6.92 Å². The zero-order chi connectivity index (χ0) is 21.8. The lowest BCUT2D eigenvalue weighted by Crippen LogP contribution is -2.16. The van der Waals surface area contributed by atoms with Crippen LogP contribution in [0.15, 0.2) is 59.5 Å². The van der Waals surface area contributed by atoms with Gasteiger partial charge in [0, 0.05) is 24.0 Å². The van der Waals surface area contributed by atoms with Crippen molar-refractivity contribution in [1.29, 1.82) is 0 Å². The molecule has 3 aromatic rings. The van der Waals surface area contributed by atoms with E-state index >= 15 is 0 Å². The Bertz CT molecular complexity index is 1170. The fourth-order valence-corrected chi connectivity index (χ4v) is 3.33. The van der Waals surface area contributed by atoms with Crippen LogP contribution in [0.2, 0.25) is 0 Å². The van der Waals surface area contributed by atoms with Crippen molar-refractivity contribution in [3.63, 3.8) is 0 Å². The van der Waals surface area contributed by atoms with E-state index in [-0.39, 0.29) is 6.04 Å². The van der Waals surface area contributed by atoms with E-state index in [1.54, 1.807) is 12.4 Å². The molecule has 31 heavy (non-hydrogen) atoms.